The average molecular weight is 519 g/mol. The largest absolute Gasteiger partial charge is 0.451 e. The number of nitrogens with one attached hydrogen (secondary N) is 1. The Bertz CT molecular complexity index is 1180. The lowest BCUT2D eigenvalue weighted by molar-refractivity contribution is 0.0998. The number of nitrogens with zero attached hydrogens (tertiary/aromatic N) is 1. The number of amides is 1. The number of carbonyl (C=O) groups is 1. The van der Waals surface area contributed by atoms with Gasteiger partial charge in [-0.25, -0.2) is 0 Å². The standard InChI is InChI=1S/C19H17NO2.C13H25NS/c1-3-13(2)15-9-5-6-10-16(15)20-19(21)18-12-14-8-4-7-11-17(14)22-18;1-6-8-14(9-7-2)10-13(5)11-15-12(3)4/h3-12H,1-2H3,(H,20,21);11H,3,6-10H2,1-2,4-5H3/b13-3+;13-11+. The second-order valence-corrected chi connectivity index (χ2v) is 10.3. The Morgan fingerprint density at radius 2 is 1.68 bits per heavy atom. The number of hydrogen-bond donors (Lipinski definition) is 1. The third-order valence-corrected chi connectivity index (χ3v) is 6.62. The second kappa shape index (κ2) is 16.0. The highest BCUT2D eigenvalue weighted by molar-refractivity contribution is 8.05. The maximum atomic E-state index is 12.4. The summed E-state index contributed by atoms with van der Waals surface area (Å²) in [6.07, 6.45) is 4.49. The van der Waals surface area contributed by atoms with Crippen LogP contribution in [0.2, 0.25) is 0 Å². The van der Waals surface area contributed by atoms with E-state index < -0.39 is 0 Å². The summed E-state index contributed by atoms with van der Waals surface area (Å²) in [6, 6.07) is 17.1. The van der Waals surface area contributed by atoms with Crippen molar-refractivity contribution in [3.05, 3.63) is 94.5 Å². The van der Waals surface area contributed by atoms with Crippen LogP contribution in [-0.4, -0.2) is 30.4 Å². The topological polar surface area (TPSA) is 45.5 Å². The number of furan rings is 1. The van der Waals surface area contributed by atoms with Crippen LogP contribution < -0.4 is 5.32 Å². The number of carbonyl (C=O) groups excluding carboxylic acids is 1. The number of thioether (sulfide) groups is 1. The van der Waals surface area contributed by atoms with E-state index in [1.165, 1.54) is 31.5 Å². The van der Waals surface area contributed by atoms with Crippen molar-refractivity contribution in [2.24, 2.45) is 0 Å². The van der Waals surface area contributed by atoms with Gasteiger partial charge in [-0.05, 0) is 87.7 Å². The molecular formula is C32H42N2O2S. The maximum Gasteiger partial charge on any atom is 0.291 e. The molecule has 2 aromatic carbocycles. The molecule has 0 bridgehead atoms. The van der Waals surface area contributed by atoms with Gasteiger partial charge >= 0.3 is 0 Å². The van der Waals surface area contributed by atoms with E-state index in [1.54, 1.807) is 17.8 Å². The Labute approximate surface area is 227 Å². The fraction of sp³-hybridized carbons (Fsp3) is 0.344. The predicted octanol–water partition coefficient (Wildman–Crippen LogP) is 9.39. The Kier molecular flexibility index (Phi) is 13.0. The first-order valence-electron chi connectivity index (χ1n) is 13.0. The van der Waals surface area contributed by atoms with E-state index in [-0.39, 0.29) is 5.91 Å². The molecule has 198 valence electrons. The highest BCUT2D eigenvalue weighted by atomic mass is 32.2. The van der Waals surface area contributed by atoms with Crippen LogP contribution >= 0.6 is 11.8 Å². The Hall–Kier alpha value is -3.02. The van der Waals surface area contributed by atoms with Gasteiger partial charge in [0, 0.05) is 23.2 Å². The van der Waals surface area contributed by atoms with Crippen molar-refractivity contribution in [3.63, 3.8) is 0 Å². The molecule has 1 amide bonds. The van der Waals surface area contributed by atoms with Gasteiger partial charge in [0.1, 0.15) is 5.58 Å². The predicted molar refractivity (Wildman–Crippen MR) is 163 cm³/mol. The van der Waals surface area contributed by atoms with Crippen LogP contribution in [0.25, 0.3) is 16.5 Å². The molecular weight excluding hydrogens is 476 g/mol. The van der Waals surface area contributed by atoms with E-state index in [4.69, 9.17) is 4.42 Å². The molecule has 3 rings (SSSR count). The summed E-state index contributed by atoms with van der Waals surface area (Å²) in [7, 11) is 0. The Balaban J connectivity index is 0.000000283. The smallest absolute Gasteiger partial charge is 0.291 e. The zero-order valence-corrected chi connectivity index (χ0v) is 24.1. The number of benzene rings is 2. The highest BCUT2D eigenvalue weighted by Crippen LogP contribution is 2.25. The summed E-state index contributed by atoms with van der Waals surface area (Å²) in [5.74, 6) is 0.0710. The molecule has 0 fully saturated rings. The number of rotatable bonds is 11. The molecule has 3 aromatic rings. The number of hydrogen-bond acceptors (Lipinski definition) is 4. The molecule has 0 saturated carbocycles. The van der Waals surface area contributed by atoms with E-state index >= 15 is 0 Å². The molecule has 37 heavy (non-hydrogen) atoms. The fourth-order valence-electron chi connectivity index (χ4n) is 3.86. The molecule has 0 aliphatic heterocycles. The van der Waals surface area contributed by atoms with Gasteiger partial charge < -0.3 is 9.73 Å². The minimum absolute atomic E-state index is 0.243. The fourth-order valence-corrected chi connectivity index (χ4v) is 4.34. The molecule has 4 nitrogen and oxygen atoms in total. The molecule has 0 atom stereocenters. The normalized spacial score (nSPS) is 11.9. The first-order chi connectivity index (χ1) is 17.8. The summed E-state index contributed by atoms with van der Waals surface area (Å²) in [5, 5.41) is 6.07. The van der Waals surface area contributed by atoms with Gasteiger partial charge in [-0.3, -0.25) is 9.69 Å². The molecule has 0 aliphatic carbocycles. The van der Waals surface area contributed by atoms with Crippen molar-refractivity contribution in [2.75, 3.05) is 25.0 Å². The number of fused-ring (bicyclic) bond motifs is 1. The number of anilines is 1. The number of allylic oxidation sites excluding steroid dienone is 3. The summed E-state index contributed by atoms with van der Waals surface area (Å²) < 4.78 is 5.60. The van der Waals surface area contributed by atoms with Gasteiger partial charge in [0.05, 0.1) is 0 Å². The minimum atomic E-state index is -0.243. The van der Waals surface area contributed by atoms with Gasteiger partial charge in [-0.1, -0.05) is 68.5 Å². The molecule has 0 radical (unpaired) electrons. The molecule has 0 spiro atoms. The highest BCUT2D eigenvalue weighted by Gasteiger charge is 2.14. The van der Waals surface area contributed by atoms with Crippen LogP contribution in [0.5, 0.6) is 0 Å². The quantitative estimate of drug-likeness (QED) is 0.275. The summed E-state index contributed by atoms with van der Waals surface area (Å²) >= 11 is 1.73. The molecule has 1 aromatic heterocycles. The first kappa shape index (κ1) is 30.2. The summed E-state index contributed by atoms with van der Waals surface area (Å²) in [5.41, 5.74) is 5.05. The van der Waals surface area contributed by atoms with Crippen molar-refractivity contribution in [3.8, 4) is 0 Å². The molecule has 0 unspecified atom stereocenters. The third-order valence-electron chi connectivity index (χ3n) is 5.70. The average Bonchev–Trinajstić information content (AvgIpc) is 3.33. The Morgan fingerprint density at radius 1 is 1.03 bits per heavy atom. The van der Waals surface area contributed by atoms with Crippen molar-refractivity contribution in [2.45, 2.75) is 54.4 Å². The molecule has 5 heteroatoms. The molecule has 0 saturated heterocycles. The van der Waals surface area contributed by atoms with Crippen molar-refractivity contribution in [1.82, 2.24) is 4.90 Å². The minimum Gasteiger partial charge on any atom is -0.451 e. The monoisotopic (exact) mass is 518 g/mol. The van der Waals surface area contributed by atoms with Gasteiger partial charge in [0.15, 0.2) is 5.76 Å². The zero-order valence-electron chi connectivity index (χ0n) is 23.3. The van der Waals surface area contributed by atoms with Crippen LogP contribution in [0.3, 0.4) is 0 Å². The van der Waals surface area contributed by atoms with Crippen molar-refractivity contribution < 1.29 is 9.21 Å². The van der Waals surface area contributed by atoms with Gasteiger partial charge in [-0.2, -0.15) is 0 Å². The van der Waals surface area contributed by atoms with Crippen molar-refractivity contribution in [1.29, 1.82) is 0 Å². The van der Waals surface area contributed by atoms with Crippen LogP contribution in [0, 0.1) is 0 Å². The van der Waals surface area contributed by atoms with Gasteiger partial charge in [-0.15, -0.1) is 11.8 Å². The zero-order chi connectivity index (χ0) is 27.2. The lowest BCUT2D eigenvalue weighted by Crippen LogP contribution is -2.27. The second-order valence-electron chi connectivity index (χ2n) is 9.18. The first-order valence-corrected chi connectivity index (χ1v) is 13.9. The third kappa shape index (κ3) is 10.1. The van der Waals surface area contributed by atoms with Crippen LogP contribution in [0.1, 0.15) is 70.5 Å². The van der Waals surface area contributed by atoms with Crippen LogP contribution in [0.15, 0.2) is 87.6 Å². The Morgan fingerprint density at radius 3 is 2.30 bits per heavy atom. The maximum absolute atomic E-state index is 12.4. The molecule has 0 aliphatic rings. The number of para-hydroxylation sites is 2. The molecule has 1 heterocycles. The van der Waals surface area contributed by atoms with Gasteiger partial charge in [0.25, 0.3) is 5.91 Å². The lowest BCUT2D eigenvalue weighted by atomic mass is 10.1. The summed E-state index contributed by atoms with van der Waals surface area (Å²) in [4.78, 5) is 16.1. The van der Waals surface area contributed by atoms with E-state index in [2.05, 4.69) is 43.0 Å². The lowest BCUT2D eigenvalue weighted by Gasteiger charge is -2.21. The van der Waals surface area contributed by atoms with E-state index in [0.717, 1.165) is 33.7 Å². The van der Waals surface area contributed by atoms with Crippen LogP contribution in [0.4, 0.5) is 5.69 Å². The van der Waals surface area contributed by atoms with Crippen LogP contribution in [-0.2, 0) is 0 Å². The van der Waals surface area contributed by atoms with E-state index in [0.29, 0.717) is 11.3 Å². The van der Waals surface area contributed by atoms with Crippen molar-refractivity contribution >= 4 is 39.9 Å². The SMILES string of the molecule is C/C=C(\C)c1ccccc1NC(=O)c1cc2ccccc2o1.C=C(C)S/C=C(\C)CN(CCC)CCC. The molecule has 1 N–H and O–H groups in total. The van der Waals surface area contributed by atoms with Gasteiger partial charge in [0.2, 0.25) is 0 Å². The van der Waals surface area contributed by atoms with E-state index in [9.17, 15) is 4.79 Å². The summed E-state index contributed by atoms with van der Waals surface area (Å²) in [6.45, 7) is 20.1. The van der Waals surface area contributed by atoms with E-state index in [1.807, 2.05) is 75.4 Å².